The minimum atomic E-state index is 0. The van der Waals surface area contributed by atoms with Gasteiger partial charge in [0, 0.05) is 38.7 Å². The summed E-state index contributed by atoms with van der Waals surface area (Å²) in [7, 11) is 5.00. The lowest BCUT2D eigenvalue weighted by Crippen LogP contribution is -2.36. The maximum Gasteiger partial charge on any atom is 0.191 e. The van der Waals surface area contributed by atoms with Gasteiger partial charge in [0.1, 0.15) is 11.6 Å². The largest absolute Gasteiger partial charge is 0.493 e. The summed E-state index contributed by atoms with van der Waals surface area (Å²) in [6, 6.07) is 9.84. The van der Waals surface area contributed by atoms with Crippen molar-refractivity contribution in [1.82, 2.24) is 25.2 Å². The second kappa shape index (κ2) is 11.4. The third kappa shape index (κ3) is 5.85. The lowest BCUT2D eigenvalue weighted by atomic mass is 10.2. The molecule has 8 nitrogen and oxygen atoms in total. The van der Waals surface area contributed by atoms with Gasteiger partial charge in [-0.15, -0.1) is 24.0 Å². The van der Waals surface area contributed by atoms with Gasteiger partial charge in [-0.25, -0.2) is 9.97 Å². The van der Waals surface area contributed by atoms with Gasteiger partial charge in [0.05, 0.1) is 14.2 Å². The Bertz CT molecular complexity index is 972. The monoisotopic (exact) mass is 522 g/mol. The zero-order chi connectivity index (χ0) is 20.6. The average Bonchev–Trinajstić information content (AvgIpc) is 3.19. The summed E-state index contributed by atoms with van der Waals surface area (Å²) < 4.78 is 12.6. The molecule has 0 saturated heterocycles. The molecule has 3 aromatic rings. The first-order chi connectivity index (χ1) is 14.1. The molecule has 0 aliphatic rings. The average molecular weight is 522 g/mol. The highest BCUT2D eigenvalue weighted by atomic mass is 127. The van der Waals surface area contributed by atoms with Gasteiger partial charge < -0.3 is 20.1 Å². The summed E-state index contributed by atoms with van der Waals surface area (Å²) in [5.74, 6) is 3.87. The van der Waals surface area contributed by atoms with Gasteiger partial charge >= 0.3 is 0 Å². The Morgan fingerprint density at radius 2 is 1.70 bits per heavy atom. The van der Waals surface area contributed by atoms with Gasteiger partial charge in [-0.2, -0.15) is 0 Å². The predicted octanol–water partition coefficient (Wildman–Crippen LogP) is 3.08. The zero-order valence-electron chi connectivity index (χ0n) is 17.5. The summed E-state index contributed by atoms with van der Waals surface area (Å²) in [6.07, 6.45) is 5.51. The molecule has 0 amide bonds. The van der Waals surface area contributed by atoms with E-state index in [0.29, 0.717) is 30.5 Å². The normalized spacial score (nSPS) is 10.9. The van der Waals surface area contributed by atoms with Crippen molar-refractivity contribution in [2.24, 2.45) is 4.99 Å². The molecule has 0 aliphatic carbocycles. The molecule has 9 heteroatoms. The van der Waals surface area contributed by atoms with Crippen LogP contribution in [0.1, 0.15) is 17.0 Å². The fourth-order valence-electron chi connectivity index (χ4n) is 2.87. The molecular formula is C21H27IN6O2. The van der Waals surface area contributed by atoms with Crippen molar-refractivity contribution in [1.29, 1.82) is 0 Å². The summed E-state index contributed by atoms with van der Waals surface area (Å²) in [6.45, 7) is 3.17. The smallest absolute Gasteiger partial charge is 0.191 e. The van der Waals surface area contributed by atoms with Gasteiger partial charge in [0.2, 0.25) is 0 Å². The van der Waals surface area contributed by atoms with Gasteiger partial charge in [-0.3, -0.25) is 9.56 Å². The van der Waals surface area contributed by atoms with E-state index in [1.807, 2.05) is 54.2 Å². The Labute approximate surface area is 193 Å². The van der Waals surface area contributed by atoms with Gasteiger partial charge in [0.15, 0.2) is 17.5 Å². The Hall–Kier alpha value is -2.82. The lowest BCUT2D eigenvalue weighted by Gasteiger charge is -2.14. The van der Waals surface area contributed by atoms with Crippen LogP contribution in [0.3, 0.4) is 0 Å². The molecule has 1 aromatic carbocycles. The molecule has 0 atom stereocenters. The van der Waals surface area contributed by atoms with Crippen LogP contribution in [0.5, 0.6) is 11.5 Å². The summed E-state index contributed by atoms with van der Waals surface area (Å²) in [5, 5.41) is 6.59. The molecule has 0 bridgehead atoms. The molecule has 0 fully saturated rings. The molecule has 30 heavy (non-hydrogen) atoms. The van der Waals surface area contributed by atoms with Crippen molar-refractivity contribution in [3.05, 3.63) is 65.9 Å². The van der Waals surface area contributed by atoms with Crippen LogP contribution >= 0.6 is 24.0 Å². The zero-order valence-corrected chi connectivity index (χ0v) is 19.9. The molecule has 2 N–H and O–H groups in total. The van der Waals surface area contributed by atoms with Crippen molar-refractivity contribution in [2.75, 3.05) is 21.3 Å². The van der Waals surface area contributed by atoms with E-state index >= 15 is 0 Å². The lowest BCUT2D eigenvalue weighted by molar-refractivity contribution is 0.354. The number of halogens is 1. The van der Waals surface area contributed by atoms with Crippen LogP contribution in [-0.2, 0) is 13.1 Å². The van der Waals surface area contributed by atoms with Crippen molar-refractivity contribution in [3.63, 3.8) is 0 Å². The van der Waals surface area contributed by atoms with Crippen LogP contribution in [0, 0.1) is 6.92 Å². The van der Waals surface area contributed by atoms with E-state index in [9.17, 15) is 0 Å². The number of ether oxygens (including phenoxy) is 2. The van der Waals surface area contributed by atoms with E-state index in [0.717, 1.165) is 22.8 Å². The first kappa shape index (κ1) is 23.5. The highest BCUT2D eigenvalue weighted by Crippen LogP contribution is 2.27. The minimum absolute atomic E-state index is 0. The second-order valence-corrected chi connectivity index (χ2v) is 6.34. The fourth-order valence-corrected chi connectivity index (χ4v) is 2.87. The number of rotatable bonds is 7. The summed E-state index contributed by atoms with van der Waals surface area (Å²) in [4.78, 5) is 13.0. The quantitative estimate of drug-likeness (QED) is 0.282. The van der Waals surface area contributed by atoms with Gasteiger partial charge in [-0.1, -0.05) is 12.1 Å². The van der Waals surface area contributed by atoms with Crippen molar-refractivity contribution >= 4 is 29.9 Å². The van der Waals surface area contributed by atoms with Crippen LogP contribution < -0.4 is 20.1 Å². The Morgan fingerprint density at radius 1 is 1.00 bits per heavy atom. The van der Waals surface area contributed by atoms with Crippen LogP contribution in [0.2, 0.25) is 0 Å². The molecule has 0 spiro atoms. The predicted molar refractivity (Wildman–Crippen MR) is 128 cm³/mol. The molecule has 160 valence electrons. The minimum Gasteiger partial charge on any atom is -0.493 e. The highest BCUT2D eigenvalue weighted by Gasteiger charge is 2.06. The maximum atomic E-state index is 5.35. The van der Waals surface area contributed by atoms with E-state index in [1.165, 1.54) is 0 Å². The van der Waals surface area contributed by atoms with Crippen molar-refractivity contribution in [2.45, 2.75) is 20.0 Å². The first-order valence-corrected chi connectivity index (χ1v) is 9.25. The Morgan fingerprint density at radius 3 is 2.27 bits per heavy atom. The number of guanidine groups is 1. The molecular weight excluding hydrogens is 495 g/mol. The van der Waals surface area contributed by atoms with Gasteiger partial charge in [0.25, 0.3) is 0 Å². The maximum absolute atomic E-state index is 5.35. The molecule has 0 aliphatic heterocycles. The van der Waals surface area contributed by atoms with Crippen LogP contribution in [0.25, 0.3) is 5.82 Å². The molecule has 0 unspecified atom stereocenters. The summed E-state index contributed by atoms with van der Waals surface area (Å²) in [5.41, 5.74) is 2.12. The topological polar surface area (TPSA) is 85.6 Å². The molecule has 0 saturated carbocycles. The highest BCUT2D eigenvalue weighted by molar-refractivity contribution is 14.0. The number of nitrogens with one attached hydrogen (secondary N) is 2. The molecule has 2 heterocycles. The number of nitrogens with zero attached hydrogens (tertiary/aromatic N) is 4. The number of aryl methyl sites for hydroxylation is 1. The van der Waals surface area contributed by atoms with E-state index in [4.69, 9.17) is 9.47 Å². The molecule has 2 aromatic heterocycles. The fraction of sp³-hybridized carbons (Fsp3) is 0.286. The summed E-state index contributed by atoms with van der Waals surface area (Å²) >= 11 is 0. The Kier molecular flexibility index (Phi) is 8.90. The van der Waals surface area contributed by atoms with Crippen LogP contribution in [0.4, 0.5) is 0 Å². The Balaban J connectivity index is 0.00000320. The third-order valence-electron chi connectivity index (χ3n) is 4.47. The van der Waals surface area contributed by atoms with E-state index < -0.39 is 0 Å². The van der Waals surface area contributed by atoms with Crippen LogP contribution in [0.15, 0.2) is 53.9 Å². The molecule has 3 rings (SSSR count). The standard InChI is InChI=1S/C21H26N6O2.HI/c1-15-23-9-10-27(15)20-8-6-17(13-24-20)14-26-21(22-2)25-12-16-5-7-18(28-3)19(11-16)29-4;/h5-11,13H,12,14H2,1-4H3,(H2,22,25,26);1H. The van der Waals surface area contributed by atoms with Crippen LogP contribution in [-0.4, -0.2) is 41.8 Å². The number of imidazole rings is 1. The number of hydrogen-bond acceptors (Lipinski definition) is 5. The SMILES string of the molecule is CN=C(NCc1ccc(-n2ccnc2C)nc1)NCc1ccc(OC)c(OC)c1.I. The van der Waals surface area contributed by atoms with Gasteiger partial charge in [-0.05, 0) is 36.2 Å². The van der Waals surface area contributed by atoms with Crippen molar-refractivity contribution < 1.29 is 9.47 Å². The number of benzene rings is 1. The number of aliphatic imine (C=N–C) groups is 1. The van der Waals surface area contributed by atoms with E-state index in [1.54, 1.807) is 27.5 Å². The number of hydrogen-bond donors (Lipinski definition) is 2. The van der Waals surface area contributed by atoms with Crippen molar-refractivity contribution in [3.8, 4) is 17.3 Å². The third-order valence-corrected chi connectivity index (χ3v) is 4.47. The number of aromatic nitrogens is 3. The van der Waals surface area contributed by atoms with E-state index in [2.05, 4.69) is 25.6 Å². The molecule has 0 radical (unpaired) electrons. The second-order valence-electron chi connectivity index (χ2n) is 6.34. The number of pyridine rings is 1. The van der Waals surface area contributed by atoms with E-state index in [-0.39, 0.29) is 24.0 Å². The first-order valence-electron chi connectivity index (χ1n) is 9.25. The number of methoxy groups -OCH3 is 2.